The third-order valence-electron chi connectivity index (χ3n) is 4.46. The Balaban J connectivity index is 1.81. The summed E-state index contributed by atoms with van der Waals surface area (Å²) in [6.07, 6.45) is 0. The number of likely N-dealkylation sites (N-methyl/N-ethyl adjacent to an activating group) is 1. The number of rotatable bonds is 7. The number of benzene rings is 3. The highest BCUT2D eigenvalue weighted by atomic mass is 79.9. The van der Waals surface area contributed by atoms with Gasteiger partial charge in [-0.2, -0.15) is 0 Å². The fourth-order valence-electron chi connectivity index (χ4n) is 3.07. The van der Waals surface area contributed by atoms with Crippen LogP contribution in [0, 0.1) is 0 Å². The standard InChI is InChI=1S/C22H25BrN2/c1-24(2)14-15-25(16-18-10-12-21(23)13-11-18)17-20-8-5-7-19-6-3-4-9-22(19)20/h3-13H,14-17H2,1-2H3. The summed E-state index contributed by atoms with van der Waals surface area (Å²) in [5.74, 6) is 0. The van der Waals surface area contributed by atoms with E-state index in [1.165, 1.54) is 21.9 Å². The monoisotopic (exact) mass is 396 g/mol. The Bertz CT molecular complexity index is 806. The van der Waals surface area contributed by atoms with Gasteiger partial charge in [-0.25, -0.2) is 0 Å². The summed E-state index contributed by atoms with van der Waals surface area (Å²) in [4.78, 5) is 4.78. The molecule has 0 radical (unpaired) electrons. The van der Waals surface area contributed by atoms with E-state index >= 15 is 0 Å². The van der Waals surface area contributed by atoms with E-state index in [0.717, 1.165) is 30.7 Å². The summed E-state index contributed by atoms with van der Waals surface area (Å²) < 4.78 is 1.13. The van der Waals surface area contributed by atoms with Crippen LogP contribution >= 0.6 is 15.9 Å². The molecule has 0 N–H and O–H groups in total. The molecule has 3 aromatic rings. The van der Waals surface area contributed by atoms with E-state index in [1.807, 2.05) is 0 Å². The van der Waals surface area contributed by atoms with E-state index in [1.54, 1.807) is 0 Å². The maximum Gasteiger partial charge on any atom is 0.0243 e. The van der Waals surface area contributed by atoms with Crippen LogP contribution in [-0.4, -0.2) is 37.0 Å². The summed E-state index contributed by atoms with van der Waals surface area (Å²) in [6, 6.07) is 23.9. The van der Waals surface area contributed by atoms with E-state index in [2.05, 4.69) is 107 Å². The molecule has 2 nitrogen and oxygen atoms in total. The molecule has 0 saturated heterocycles. The van der Waals surface area contributed by atoms with E-state index in [-0.39, 0.29) is 0 Å². The zero-order chi connectivity index (χ0) is 17.6. The highest BCUT2D eigenvalue weighted by molar-refractivity contribution is 9.10. The Morgan fingerprint density at radius 3 is 2.24 bits per heavy atom. The minimum atomic E-state index is 0.963. The van der Waals surface area contributed by atoms with Crippen molar-refractivity contribution in [2.45, 2.75) is 13.1 Å². The van der Waals surface area contributed by atoms with Crippen LogP contribution in [0.4, 0.5) is 0 Å². The Morgan fingerprint density at radius 2 is 1.48 bits per heavy atom. The van der Waals surface area contributed by atoms with Gasteiger partial charge in [-0.15, -0.1) is 0 Å². The minimum Gasteiger partial charge on any atom is -0.308 e. The van der Waals surface area contributed by atoms with Crippen molar-refractivity contribution >= 4 is 26.7 Å². The van der Waals surface area contributed by atoms with Crippen LogP contribution in [0.25, 0.3) is 10.8 Å². The molecule has 25 heavy (non-hydrogen) atoms. The van der Waals surface area contributed by atoms with Gasteiger partial charge in [0.2, 0.25) is 0 Å². The zero-order valence-electron chi connectivity index (χ0n) is 15.0. The molecule has 0 bridgehead atoms. The van der Waals surface area contributed by atoms with Crippen molar-refractivity contribution < 1.29 is 0 Å². The van der Waals surface area contributed by atoms with E-state index < -0.39 is 0 Å². The molecule has 0 unspecified atom stereocenters. The average Bonchev–Trinajstić information content (AvgIpc) is 2.62. The topological polar surface area (TPSA) is 6.48 Å². The predicted octanol–water partition coefficient (Wildman–Crippen LogP) is 5.17. The second kappa shape index (κ2) is 8.61. The lowest BCUT2D eigenvalue weighted by Crippen LogP contribution is -2.31. The van der Waals surface area contributed by atoms with Crippen molar-refractivity contribution in [3.8, 4) is 0 Å². The summed E-state index contributed by atoms with van der Waals surface area (Å²) in [5, 5.41) is 2.67. The van der Waals surface area contributed by atoms with E-state index in [0.29, 0.717) is 0 Å². The van der Waals surface area contributed by atoms with Crippen molar-refractivity contribution in [2.24, 2.45) is 0 Å². The minimum absolute atomic E-state index is 0.963. The lowest BCUT2D eigenvalue weighted by Gasteiger charge is -2.25. The van der Waals surface area contributed by atoms with Gasteiger partial charge in [0.25, 0.3) is 0 Å². The van der Waals surface area contributed by atoms with Gasteiger partial charge in [-0.05, 0) is 48.1 Å². The molecule has 3 aromatic carbocycles. The third-order valence-corrected chi connectivity index (χ3v) is 4.99. The molecule has 0 amide bonds. The van der Waals surface area contributed by atoms with Gasteiger partial charge < -0.3 is 4.90 Å². The first-order chi connectivity index (χ1) is 12.1. The van der Waals surface area contributed by atoms with Crippen molar-refractivity contribution in [1.29, 1.82) is 0 Å². The average molecular weight is 397 g/mol. The molecule has 0 fully saturated rings. The molecule has 0 heterocycles. The van der Waals surface area contributed by atoms with Gasteiger partial charge in [-0.3, -0.25) is 4.90 Å². The zero-order valence-corrected chi connectivity index (χ0v) is 16.5. The van der Waals surface area contributed by atoms with E-state index in [9.17, 15) is 0 Å². The second-order valence-corrected chi connectivity index (χ2v) is 7.69. The van der Waals surface area contributed by atoms with Gasteiger partial charge in [0.05, 0.1) is 0 Å². The number of nitrogens with zero attached hydrogens (tertiary/aromatic N) is 2. The molecule has 0 aliphatic heterocycles. The Morgan fingerprint density at radius 1 is 0.760 bits per heavy atom. The van der Waals surface area contributed by atoms with Crippen LogP contribution in [-0.2, 0) is 13.1 Å². The first-order valence-electron chi connectivity index (χ1n) is 8.70. The van der Waals surface area contributed by atoms with Gasteiger partial charge in [-0.1, -0.05) is 70.5 Å². The van der Waals surface area contributed by atoms with Gasteiger partial charge in [0.1, 0.15) is 0 Å². The lowest BCUT2D eigenvalue weighted by atomic mass is 10.0. The smallest absolute Gasteiger partial charge is 0.0243 e. The van der Waals surface area contributed by atoms with Crippen LogP contribution in [0.2, 0.25) is 0 Å². The fraction of sp³-hybridized carbons (Fsp3) is 0.273. The maximum absolute atomic E-state index is 3.52. The van der Waals surface area contributed by atoms with Crippen molar-refractivity contribution in [2.75, 3.05) is 27.2 Å². The first kappa shape index (κ1) is 18.1. The predicted molar refractivity (Wildman–Crippen MR) is 111 cm³/mol. The molecule has 0 aliphatic carbocycles. The summed E-state index contributed by atoms with van der Waals surface area (Å²) in [6.45, 7) is 4.03. The normalized spacial score (nSPS) is 11.6. The Hall–Kier alpha value is -1.68. The summed E-state index contributed by atoms with van der Waals surface area (Å²) in [7, 11) is 4.27. The van der Waals surface area contributed by atoms with Crippen LogP contribution < -0.4 is 0 Å². The summed E-state index contributed by atoms with van der Waals surface area (Å²) >= 11 is 3.52. The van der Waals surface area contributed by atoms with Gasteiger partial charge in [0, 0.05) is 30.7 Å². The number of hydrogen-bond donors (Lipinski definition) is 0. The van der Waals surface area contributed by atoms with Crippen LogP contribution in [0.5, 0.6) is 0 Å². The number of hydrogen-bond acceptors (Lipinski definition) is 2. The van der Waals surface area contributed by atoms with Crippen molar-refractivity contribution in [3.05, 3.63) is 82.3 Å². The quantitative estimate of drug-likeness (QED) is 0.543. The largest absolute Gasteiger partial charge is 0.308 e. The second-order valence-electron chi connectivity index (χ2n) is 6.78. The van der Waals surface area contributed by atoms with Crippen molar-refractivity contribution in [3.63, 3.8) is 0 Å². The summed E-state index contributed by atoms with van der Waals surface area (Å²) in [5.41, 5.74) is 2.75. The Kier molecular flexibility index (Phi) is 6.24. The molecule has 0 saturated carbocycles. The molecule has 0 aromatic heterocycles. The van der Waals surface area contributed by atoms with Crippen LogP contribution in [0.1, 0.15) is 11.1 Å². The van der Waals surface area contributed by atoms with Gasteiger partial charge in [0.15, 0.2) is 0 Å². The highest BCUT2D eigenvalue weighted by Gasteiger charge is 2.10. The molecular weight excluding hydrogens is 372 g/mol. The highest BCUT2D eigenvalue weighted by Crippen LogP contribution is 2.21. The molecule has 0 spiro atoms. The molecule has 0 atom stereocenters. The molecule has 3 heteroatoms. The lowest BCUT2D eigenvalue weighted by molar-refractivity contribution is 0.227. The van der Waals surface area contributed by atoms with E-state index in [4.69, 9.17) is 0 Å². The fourth-order valence-corrected chi connectivity index (χ4v) is 3.34. The SMILES string of the molecule is CN(C)CCN(Cc1ccc(Br)cc1)Cc1cccc2ccccc12. The van der Waals surface area contributed by atoms with Crippen molar-refractivity contribution in [1.82, 2.24) is 9.80 Å². The number of fused-ring (bicyclic) bond motifs is 1. The maximum atomic E-state index is 3.52. The van der Waals surface area contributed by atoms with Crippen LogP contribution in [0.15, 0.2) is 71.2 Å². The first-order valence-corrected chi connectivity index (χ1v) is 9.49. The molecular formula is C22H25BrN2. The van der Waals surface area contributed by atoms with Crippen LogP contribution in [0.3, 0.4) is 0 Å². The molecule has 0 aliphatic rings. The third kappa shape index (κ3) is 5.15. The Labute approximate surface area is 159 Å². The number of halogens is 1. The van der Waals surface area contributed by atoms with Gasteiger partial charge >= 0.3 is 0 Å². The molecule has 3 rings (SSSR count). The molecule has 130 valence electrons.